The van der Waals surface area contributed by atoms with E-state index in [0.29, 0.717) is 13.2 Å². The van der Waals surface area contributed by atoms with Crippen LogP contribution in [0.15, 0.2) is 30.3 Å². The highest BCUT2D eigenvalue weighted by molar-refractivity contribution is 5.85. The molecule has 4 nitrogen and oxygen atoms in total. The monoisotopic (exact) mass is 285 g/mol. The first kappa shape index (κ1) is 15.8. The van der Waals surface area contributed by atoms with Crippen LogP contribution < -0.4 is 4.74 Å². The lowest BCUT2D eigenvalue weighted by atomic mass is 10.0. The SMILES string of the molecule is Cl.O=C(O)C1CCCCN1CCOc1ccccc1. The average Bonchev–Trinajstić information content (AvgIpc) is 2.40. The van der Waals surface area contributed by atoms with Crippen molar-refractivity contribution in [3.8, 4) is 5.75 Å². The van der Waals surface area contributed by atoms with Gasteiger partial charge >= 0.3 is 5.97 Å². The number of rotatable bonds is 5. The molecule has 1 unspecified atom stereocenters. The van der Waals surface area contributed by atoms with Gasteiger partial charge in [-0.2, -0.15) is 0 Å². The van der Waals surface area contributed by atoms with Crippen LogP contribution >= 0.6 is 12.4 Å². The van der Waals surface area contributed by atoms with Crippen LogP contribution in [0.1, 0.15) is 19.3 Å². The molecule has 0 amide bonds. The second kappa shape index (κ2) is 8.02. The Labute approximate surface area is 119 Å². The molecule has 106 valence electrons. The van der Waals surface area contributed by atoms with E-state index in [1.54, 1.807) is 0 Å². The number of ether oxygens (including phenoxy) is 1. The van der Waals surface area contributed by atoms with Gasteiger partial charge in [0.2, 0.25) is 0 Å². The summed E-state index contributed by atoms with van der Waals surface area (Å²) in [5.74, 6) is 0.121. The Morgan fingerprint density at radius 2 is 2.05 bits per heavy atom. The normalized spacial score (nSPS) is 19.5. The minimum atomic E-state index is -0.714. The number of carbonyl (C=O) groups is 1. The van der Waals surface area contributed by atoms with E-state index in [9.17, 15) is 4.79 Å². The third-order valence-electron chi connectivity index (χ3n) is 3.29. The van der Waals surface area contributed by atoms with Gasteiger partial charge in [0, 0.05) is 6.54 Å². The van der Waals surface area contributed by atoms with Crippen LogP contribution in [0, 0.1) is 0 Å². The lowest BCUT2D eigenvalue weighted by molar-refractivity contribution is -0.144. The van der Waals surface area contributed by atoms with E-state index in [2.05, 4.69) is 0 Å². The zero-order valence-corrected chi connectivity index (χ0v) is 11.6. The lowest BCUT2D eigenvalue weighted by Crippen LogP contribution is -2.46. The lowest BCUT2D eigenvalue weighted by Gasteiger charge is -2.32. The van der Waals surface area contributed by atoms with E-state index in [1.165, 1.54) is 0 Å². The number of hydrogen-bond acceptors (Lipinski definition) is 3. The number of para-hydroxylation sites is 1. The molecule has 1 aromatic rings. The quantitative estimate of drug-likeness (QED) is 0.903. The minimum absolute atomic E-state index is 0. The van der Waals surface area contributed by atoms with Crippen molar-refractivity contribution in [1.82, 2.24) is 4.90 Å². The van der Waals surface area contributed by atoms with Crippen molar-refractivity contribution in [1.29, 1.82) is 0 Å². The fourth-order valence-corrected chi connectivity index (χ4v) is 2.34. The number of carboxylic acid groups (broad SMARTS) is 1. The molecule has 1 N–H and O–H groups in total. The number of halogens is 1. The maximum absolute atomic E-state index is 11.1. The predicted molar refractivity (Wildman–Crippen MR) is 76.0 cm³/mol. The molecular weight excluding hydrogens is 266 g/mol. The Hall–Kier alpha value is -1.26. The van der Waals surface area contributed by atoms with Crippen molar-refractivity contribution in [2.24, 2.45) is 0 Å². The number of piperidine rings is 1. The van der Waals surface area contributed by atoms with Crippen molar-refractivity contribution < 1.29 is 14.6 Å². The summed E-state index contributed by atoms with van der Waals surface area (Å²) < 4.78 is 5.60. The molecule has 0 aromatic heterocycles. The van der Waals surface area contributed by atoms with E-state index in [1.807, 2.05) is 35.2 Å². The van der Waals surface area contributed by atoms with Crippen LogP contribution in [0.4, 0.5) is 0 Å². The summed E-state index contributed by atoms with van der Waals surface area (Å²) in [7, 11) is 0. The number of likely N-dealkylation sites (tertiary alicyclic amines) is 1. The zero-order chi connectivity index (χ0) is 12.8. The molecule has 1 aliphatic rings. The molecule has 1 aliphatic heterocycles. The van der Waals surface area contributed by atoms with Crippen LogP contribution in [-0.2, 0) is 4.79 Å². The standard InChI is InChI=1S/C14H19NO3.ClH/c16-14(17)13-8-4-5-9-15(13)10-11-18-12-6-2-1-3-7-12;/h1-3,6-7,13H,4-5,8-11H2,(H,16,17);1H. The highest BCUT2D eigenvalue weighted by Gasteiger charge is 2.27. The summed E-state index contributed by atoms with van der Waals surface area (Å²) in [4.78, 5) is 13.1. The average molecular weight is 286 g/mol. The molecule has 1 saturated heterocycles. The molecule has 1 aromatic carbocycles. The number of hydrogen-bond donors (Lipinski definition) is 1. The minimum Gasteiger partial charge on any atom is -0.492 e. The molecule has 19 heavy (non-hydrogen) atoms. The van der Waals surface area contributed by atoms with E-state index in [0.717, 1.165) is 31.6 Å². The molecule has 0 saturated carbocycles. The highest BCUT2D eigenvalue weighted by atomic mass is 35.5. The van der Waals surface area contributed by atoms with E-state index in [-0.39, 0.29) is 18.4 Å². The zero-order valence-electron chi connectivity index (χ0n) is 10.8. The molecule has 2 rings (SSSR count). The van der Waals surface area contributed by atoms with Crippen molar-refractivity contribution in [2.45, 2.75) is 25.3 Å². The first-order chi connectivity index (χ1) is 8.77. The fraction of sp³-hybridized carbons (Fsp3) is 0.500. The summed E-state index contributed by atoms with van der Waals surface area (Å²) in [6.07, 6.45) is 2.84. The molecule has 0 spiro atoms. The first-order valence-electron chi connectivity index (χ1n) is 6.42. The Kier molecular flexibility index (Phi) is 6.67. The Morgan fingerprint density at radius 3 is 2.74 bits per heavy atom. The number of nitrogens with zero attached hydrogens (tertiary/aromatic N) is 1. The van der Waals surface area contributed by atoms with Gasteiger partial charge in [-0.15, -0.1) is 12.4 Å². The maximum atomic E-state index is 11.1. The van der Waals surface area contributed by atoms with Gasteiger partial charge in [0.25, 0.3) is 0 Å². The van der Waals surface area contributed by atoms with Gasteiger partial charge in [-0.1, -0.05) is 24.6 Å². The van der Waals surface area contributed by atoms with Gasteiger partial charge in [-0.3, -0.25) is 9.69 Å². The van der Waals surface area contributed by atoms with E-state index in [4.69, 9.17) is 9.84 Å². The highest BCUT2D eigenvalue weighted by Crippen LogP contribution is 2.17. The maximum Gasteiger partial charge on any atom is 0.320 e. The van der Waals surface area contributed by atoms with Crippen LogP contribution in [-0.4, -0.2) is 41.7 Å². The second-order valence-electron chi connectivity index (χ2n) is 4.55. The van der Waals surface area contributed by atoms with E-state index >= 15 is 0 Å². The first-order valence-corrected chi connectivity index (χ1v) is 6.42. The van der Waals surface area contributed by atoms with Crippen LogP contribution in [0.3, 0.4) is 0 Å². The topological polar surface area (TPSA) is 49.8 Å². The van der Waals surface area contributed by atoms with Gasteiger partial charge in [0.1, 0.15) is 18.4 Å². The summed E-state index contributed by atoms with van der Waals surface area (Å²) in [6.45, 7) is 2.06. The van der Waals surface area contributed by atoms with Gasteiger partial charge in [-0.25, -0.2) is 0 Å². The van der Waals surface area contributed by atoms with Crippen molar-refractivity contribution in [2.75, 3.05) is 19.7 Å². The Balaban J connectivity index is 0.00000180. The largest absolute Gasteiger partial charge is 0.492 e. The number of benzene rings is 1. The van der Waals surface area contributed by atoms with Crippen molar-refractivity contribution >= 4 is 18.4 Å². The Bertz CT molecular complexity index is 386. The van der Waals surface area contributed by atoms with Gasteiger partial charge in [-0.05, 0) is 31.5 Å². The van der Waals surface area contributed by atoms with Crippen LogP contribution in [0.25, 0.3) is 0 Å². The third-order valence-corrected chi connectivity index (χ3v) is 3.29. The second-order valence-corrected chi connectivity index (χ2v) is 4.55. The van der Waals surface area contributed by atoms with Crippen LogP contribution in [0.2, 0.25) is 0 Å². The molecule has 0 aliphatic carbocycles. The molecule has 1 atom stereocenters. The summed E-state index contributed by atoms with van der Waals surface area (Å²) in [5, 5.41) is 9.14. The summed E-state index contributed by atoms with van der Waals surface area (Å²) in [5.41, 5.74) is 0. The van der Waals surface area contributed by atoms with Gasteiger partial charge in [0.15, 0.2) is 0 Å². The fourth-order valence-electron chi connectivity index (χ4n) is 2.34. The van der Waals surface area contributed by atoms with Crippen molar-refractivity contribution in [3.63, 3.8) is 0 Å². The molecule has 0 bridgehead atoms. The molecule has 1 fully saturated rings. The van der Waals surface area contributed by atoms with Gasteiger partial charge in [0.05, 0.1) is 0 Å². The van der Waals surface area contributed by atoms with Gasteiger partial charge < -0.3 is 9.84 Å². The predicted octanol–water partition coefficient (Wildman–Crippen LogP) is 2.43. The molecule has 1 heterocycles. The Morgan fingerprint density at radius 1 is 1.32 bits per heavy atom. The van der Waals surface area contributed by atoms with Crippen molar-refractivity contribution in [3.05, 3.63) is 30.3 Å². The van der Waals surface area contributed by atoms with Crippen LogP contribution in [0.5, 0.6) is 5.75 Å². The molecule has 0 radical (unpaired) electrons. The molecular formula is C14H20ClNO3. The number of carboxylic acids is 1. The molecule has 5 heteroatoms. The summed E-state index contributed by atoms with van der Waals surface area (Å²) >= 11 is 0. The smallest absolute Gasteiger partial charge is 0.320 e. The number of aliphatic carboxylic acids is 1. The van der Waals surface area contributed by atoms with E-state index < -0.39 is 5.97 Å². The third kappa shape index (κ3) is 4.73. The summed E-state index contributed by atoms with van der Waals surface area (Å²) in [6, 6.07) is 9.28.